The predicted octanol–water partition coefficient (Wildman–Crippen LogP) is 11.5. The number of ether oxygens (including phenoxy) is 22. The Morgan fingerprint density at radius 3 is 0.865 bits per heavy atom. The van der Waals surface area contributed by atoms with E-state index in [2.05, 4.69) is 0 Å². The van der Waals surface area contributed by atoms with Gasteiger partial charge in [-0.05, 0) is 267 Å². The summed E-state index contributed by atoms with van der Waals surface area (Å²) in [5.74, 6) is 2.78. The van der Waals surface area contributed by atoms with Gasteiger partial charge in [-0.25, -0.2) is 0 Å². The first kappa shape index (κ1) is 113. The van der Waals surface area contributed by atoms with Crippen LogP contribution in [0.1, 0.15) is 184 Å². The summed E-state index contributed by atoms with van der Waals surface area (Å²) in [4.78, 5) is 0. The van der Waals surface area contributed by atoms with Gasteiger partial charge >= 0.3 is 0 Å². The molecule has 148 heavy (non-hydrogen) atoms. The number of fused-ring (bicyclic) bond motifs is 2. The first-order valence-corrected chi connectivity index (χ1v) is 48.5. The summed E-state index contributed by atoms with van der Waals surface area (Å²) in [6.07, 6.45) is -21.3. The molecule has 3 aliphatic heterocycles. The van der Waals surface area contributed by atoms with Crippen LogP contribution in [0.2, 0.25) is 0 Å². The van der Waals surface area contributed by atoms with E-state index >= 15 is 0 Å². The van der Waals surface area contributed by atoms with E-state index in [9.17, 15) is 76.6 Å². The van der Waals surface area contributed by atoms with Gasteiger partial charge in [0, 0.05) is 17.4 Å². The minimum atomic E-state index is -1.63. The third kappa shape index (κ3) is 24.5. The summed E-state index contributed by atoms with van der Waals surface area (Å²) < 4.78 is 134. The Morgan fingerprint density at radius 1 is 0.250 bits per heavy atom. The topological polar surface area (TPSA) is 507 Å². The quantitative estimate of drug-likeness (QED) is 0.0168. The van der Waals surface area contributed by atoms with E-state index in [1.165, 1.54) is 126 Å². The zero-order chi connectivity index (χ0) is 107. The van der Waals surface area contributed by atoms with Crippen LogP contribution in [0.5, 0.6) is 115 Å². The fraction of sp³-hybridized carbons (Fsp3) is 0.459. The maximum Gasteiger partial charge on any atom is 0.204 e. The SMILES string of the molecule is COc1cc(C(O)C(CO)Oc2ccc([C@@H]3Oc4c(OC)cc(C(O)C(CO)Oc5c(OC)cc(C(O)C(CO)Oc6ccc([C@H]7OC[C@@H]8C(c9cc(C)c(OC(CO)C(O)c%10ccc(OC(CO)C(O)c%11cc(C)c(OC(C)C)c(OC)c%11)c(OC)c%10)c(OC)c9)OC[C@H]78)cc6OC)cc5OC)cc4[C@H]3CO)cc2OC)ccc1OC(CO)C(O)c1cc(C)c(OC(CO)C(O)c2cc(C)c(OC(C)C)c(C)c2)c(OC)c1. The molecule has 804 valence electrons. The Hall–Kier alpha value is -12.5. The highest BCUT2D eigenvalue weighted by atomic mass is 16.6. The van der Waals surface area contributed by atoms with Gasteiger partial charge in [0.15, 0.2) is 146 Å². The molecule has 3 heterocycles. The standard InChI is InChI=1S/C111H138O37/c1-54(2)139-103-56(5)28-65(29-57(103)6)98(122)94(50-118)146-105-59(8)31-67(39-84(105)132-15)100(124)91(47-115)142-75-24-20-61(34-79(75)127-10)96(120)89(45-113)141-78-27-23-64(37-82(78)130-13)109-72(44-112)71-33-68(40-86(134-17)110(71)148-109)101(125)95(51-119)147-111-87(135-18)41-69(42-88(111)136-19)102(126)92(48-116)144-77-26-22-63(36-81(77)129-12)107-73-52-138-108(74(73)53-137-107)70-32-60(9)106(85(43-70)133-16)145-93(49-117)97(121)62-21-25-76(80(35-62)128-11)143-90(46-114)99(123)66-30-58(7)104(140-55(3)4)83(38-66)131-14/h20-43,54-55,72-74,89-102,107-109,112-126H,44-53H2,1-19H3/t72-,73+,74+,89?,90?,91?,92?,93?,94?,95?,96?,97?,98?,99?,100?,101?,102?,107-,108?,109+/m1/s1. The maximum absolute atomic E-state index is 12.3. The monoisotopic (exact) mass is 2060 g/mol. The molecule has 0 saturated carbocycles. The molecule has 15 unspecified atom stereocenters. The number of hydrogen-bond donors (Lipinski definition) is 15. The van der Waals surface area contributed by atoms with Gasteiger partial charge in [0.05, 0.1) is 168 Å². The first-order chi connectivity index (χ1) is 71.1. The molecular formula is C111H138O37. The highest BCUT2D eigenvalue weighted by molar-refractivity contribution is 5.60. The van der Waals surface area contributed by atoms with E-state index in [1.54, 1.807) is 91.9 Å². The molecule has 0 spiro atoms. The van der Waals surface area contributed by atoms with Crippen LogP contribution in [0.15, 0.2) is 146 Å². The Labute approximate surface area is 859 Å². The zero-order valence-corrected chi connectivity index (χ0v) is 86.3. The van der Waals surface area contributed by atoms with Gasteiger partial charge < -0.3 is 181 Å². The van der Waals surface area contributed by atoms with Crippen molar-refractivity contribution in [2.75, 3.05) is 137 Å². The summed E-state index contributed by atoms with van der Waals surface area (Å²) in [6.45, 7) is 12.1. The van der Waals surface area contributed by atoms with Gasteiger partial charge in [-0.2, -0.15) is 0 Å². The molecule has 2 fully saturated rings. The minimum absolute atomic E-state index is 0.0169. The summed E-state index contributed by atoms with van der Waals surface area (Å²) >= 11 is 0. The van der Waals surface area contributed by atoms with Gasteiger partial charge in [0.25, 0.3) is 0 Å². The number of methoxy groups -OCH3 is 10. The average molecular weight is 2060 g/mol. The Morgan fingerprint density at radius 2 is 0.507 bits per heavy atom. The van der Waals surface area contributed by atoms with Crippen molar-refractivity contribution in [3.63, 3.8) is 0 Å². The maximum atomic E-state index is 12.3. The molecule has 15 N–H and O–H groups in total. The van der Waals surface area contributed by atoms with E-state index in [4.69, 9.17) is 104 Å². The highest BCUT2D eigenvalue weighted by Crippen LogP contribution is 2.57. The second-order valence-electron chi connectivity index (χ2n) is 37.1. The molecule has 0 aliphatic carbocycles. The third-order valence-electron chi connectivity index (χ3n) is 26.7. The number of aryl methyl sites for hydroxylation is 5. The third-order valence-corrected chi connectivity index (χ3v) is 26.7. The van der Waals surface area contributed by atoms with Crippen molar-refractivity contribution in [2.24, 2.45) is 11.8 Å². The van der Waals surface area contributed by atoms with Crippen LogP contribution >= 0.6 is 0 Å². The molecule has 0 aromatic heterocycles. The molecule has 2 saturated heterocycles. The van der Waals surface area contributed by atoms with Crippen molar-refractivity contribution in [3.8, 4) is 115 Å². The Bertz CT molecular complexity index is 6060. The van der Waals surface area contributed by atoms with Crippen LogP contribution in [-0.2, 0) is 9.47 Å². The molecule has 10 aromatic rings. The van der Waals surface area contributed by atoms with Crippen LogP contribution in [-0.4, -0.2) is 269 Å². The van der Waals surface area contributed by atoms with Gasteiger partial charge in [-0.3, -0.25) is 0 Å². The molecule has 0 bridgehead atoms. The lowest BCUT2D eigenvalue weighted by molar-refractivity contribution is -0.00379. The van der Waals surface area contributed by atoms with Crippen LogP contribution in [0, 0.1) is 46.5 Å². The van der Waals surface area contributed by atoms with Crippen molar-refractivity contribution in [1.82, 2.24) is 0 Å². The molecule has 37 heteroatoms. The minimum Gasteiger partial charge on any atom is -0.493 e. The first-order valence-electron chi connectivity index (χ1n) is 48.5. The summed E-state index contributed by atoms with van der Waals surface area (Å²) in [6, 6.07) is 38.6. The van der Waals surface area contributed by atoms with Crippen LogP contribution in [0.4, 0.5) is 0 Å². The lowest BCUT2D eigenvalue weighted by Crippen LogP contribution is -2.31. The number of aliphatic hydroxyl groups is 15. The lowest BCUT2D eigenvalue weighted by atomic mass is 9.84. The lowest BCUT2D eigenvalue weighted by Gasteiger charge is -2.28. The highest BCUT2D eigenvalue weighted by Gasteiger charge is 2.50. The average Bonchev–Trinajstić information content (AvgIpc) is 1.60. The molecule has 10 aromatic carbocycles. The van der Waals surface area contributed by atoms with E-state index < -0.39 is 163 Å². The predicted molar refractivity (Wildman–Crippen MR) is 538 cm³/mol. The second kappa shape index (κ2) is 50.7. The van der Waals surface area contributed by atoms with Crippen LogP contribution in [0.3, 0.4) is 0 Å². The second-order valence-corrected chi connectivity index (χ2v) is 37.1. The number of aliphatic hydroxyl groups excluding tert-OH is 15. The number of rotatable bonds is 53. The zero-order valence-electron chi connectivity index (χ0n) is 86.3. The van der Waals surface area contributed by atoms with Gasteiger partial charge in [0.1, 0.15) is 54.6 Å². The fourth-order valence-corrected chi connectivity index (χ4v) is 19.1. The normalized spacial score (nSPS) is 18.6. The number of benzene rings is 10. The smallest absolute Gasteiger partial charge is 0.204 e. The van der Waals surface area contributed by atoms with E-state index in [0.717, 1.165) is 22.3 Å². The molecule has 0 amide bonds. The largest absolute Gasteiger partial charge is 0.493 e. The Balaban J connectivity index is 0.626. The van der Waals surface area contributed by atoms with E-state index in [-0.39, 0.29) is 138 Å². The van der Waals surface area contributed by atoms with Crippen LogP contribution in [0.25, 0.3) is 0 Å². The number of hydrogen-bond acceptors (Lipinski definition) is 37. The van der Waals surface area contributed by atoms with Crippen molar-refractivity contribution >= 4 is 0 Å². The van der Waals surface area contributed by atoms with Crippen molar-refractivity contribution in [2.45, 2.75) is 184 Å². The summed E-state index contributed by atoms with van der Waals surface area (Å²) in [5.41, 5.74) is 7.74. The van der Waals surface area contributed by atoms with Gasteiger partial charge in [-0.15, -0.1) is 0 Å². The van der Waals surface area contributed by atoms with Crippen molar-refractivity contribution in [1.29, 1.82) is 0 Å². The van der Waals surface area contributed by atoms with Crippen LogP contribution < -0.4 is 94.7 Å². The van der Waals surface area contributed by atoms with E-state index in [1.807, 2.05) is 61.5 Å². The molecule has 20 atom stereocenters. The molecule has 37 nitrogen and oxygen atoms in total. The molecule has 3 aliphatic rings. The van der Waals surface area contributed by atoms with Crippen molar-refractivity contribution in [3.05, 3.63) is 235 Å². The molecule has 0 radical (unpaired) electrons. The van der Waals surface area contributed by atoms with E-state index in [0.29, 0.717) is 80.7 Å². The van der Waals surface area contributed by atoms with Gasteiger partial charge in [0.2, 0.25) is 5.75 Å². The summed E-state index contributed by atoms with van der Waals surface area (Å²) in [5, 5.41) is 170. The molecule has 13 rings (SSSR count). The summed E-state index contributed by atoms with van der Waals surface area (Å²) in [7, 11) is 14.0. The Kier molecular flexibility index (Phi) is 38.6. The fourth-order valence-electron chi connectivity index (χ4n) is 19.1. The van der Waals surface area contributed by atoms with Gasteiger partial charge in [-0.1, -0.05) is 24.3 Å². The molecular weight excluding hydrogens is 1930 g/mol. The van der Waals surface area contributed by atoms with Crippen molar-refractivity contribution < 1.29 is 181 Å².